The van der Waals surface area contributed by atoms with E-state index in [0.29, 0.717) is 37.8 Å². The normalized spacial score (nSPS) is 17.1. The second kappa shape index (κ2) is 8.18. The number of hydrogen-bond donors (Lipinski definition) is 0. The van der Waals surface area contributed by atoms with Gasteiger partial charge in [0.1, 0.15) is 0 Å². The lowest BCUT2D eigenvalue weighted by Gasteiger charge is -2.33. The molecule has 1 aromatic carbocycles. The highest BCUT2D eigenvalue weighted by Crippen LogP contribution is 2.35. The van der Waals surface area contributed by atoms with Gasteiger partial charge in [-0.05, 0) is 18.6 Å². The average Bonchev–Trinajstić information content (AvgIpc) is 3.09. The van der Waals surface area contributed by atoms with Crippen molar-refractivity contribution in [2.75, 3.05) is 26.2 Å². The first kappa shape index (κ1) is 20.7. The Kier molecular flexibility index (Phi) is 6.06. The molecule has 0 radical (unpaired) electrons. The third-order valence-corrected chi connectivity index (χ3v) is 6.44. The molecule has 3 rings (SSSR count). The molecule has 28 heavy (non-hydrogen) atoms. The van der Waals surface area contributed by atoms with Crippen molar-refractivity contribution in [3.05, 3.63) is 41.5 Å². The molecule has 0 N–H and O–H groups in total. The highest BCUT2D eigenvalue weighted by atomic mass is 32.2. The SMILES string of the molecule is CCCc1noc(CN2CCN(S(=O)(=O)c3ccccc3C(F)(F)F)CC2)n1. The topological polar surface area (TPSA) is 79.5 Å². The summed E-state index contributed by atoms with van der Waals surface area (Å²) in [6.45, 7) is 3.28. The minimum absolute atomic E-state index is 0.0878. The van der Waals surface area contributed by atoms with Crippen molar-refractivity contribution >= 4 is 10.0 Å². The van der Waals surface area contributed by atoms with Crippen LogP contribution in [0.3, 0.4) is 0 Å². The summed E-state index contributed by atoms with van der Waals surface area (Å²) in [5.74, 6) is 1.07. The molecule has 11 heteroatoms. The van der Waals surface area contributed by atoms with Crippen molar-refractivity contribution in [3.63, 3.8) is 0 Å². The van der Waals surface area contributed by atoms with Crippen LogP contribution in [0.1, 0.15) is 30.6 Å². The second-order valence-corrected chi connectivity index (χ2v) is 8.43. The lowest BCUT2D eigenvalue weighted by atomic mass is 10.2. The fourth-order valence-electron chi connectivity index (χ4n) is 3.06. The Bertz CT molecular complexity index is 906. The third kappa shape index (κ3) is 4.53. The molecular formula is C17H21F3N4O3S. The minimum Gasteiger partial charge on any atom is -0.338 e. The van der Waals surface area contributed by atoms with Gasteiger partial charge in [-0.2, -0.15) is 22.5 Å². The molecule has 1 saturated heterocycles. The molecule has 1 fully saturated rings. The summed E-state index contributed by atoms with van der Waals surface area (Å²) in [6.07, 6.45) is -3.12. The largest absolute Gasteiger partial charge is 0.417 e. The average molecular weight is 418 g/mol. The zero-order valence-electron chi connectivity index (χ0n) is 15.3. The van der Waals surface area contributed by atoms with E-state index in [1.54, 1.807) is 0 Å². The van der Waals surface area contributed by atoms with Crippen molar-refractivity contribution < 1.29 is 26.1 Å². The molecule has 0 bridgehead atoms. The Morgan fingerprint density at radius 3 is 2.46 bits per heavy atom. The van der Waals surface area contributed by atoms with Gasteiger partial charge in [0.2, 0.25) is 15.9 Å². The van der Waals surface area contributed by atoms with E-state index in [4.69, 9.17) is 4.52 Å². The number of piperazine rings is 1. The maximum absolute atomic E-state index is 13.2. The zero-order chi connectivity index (χ0) is 20.4. The summed E-state index contributed by atoms with van der Waals surface area (Å²) in [5, 5.41) is 3.87. The van der Waals surface area contributed by atoms with Gasteiger partial charge < -0.3 is 4.52 Å². The predicted octanol–water partition coefficient (Wildman–Crippen LogP) is 2.55. The van der Waals surface area contributed by atoms with Crippen LogP contribution in [0.2, 0.25) is 0 Å². The maximum Gasteiger partial charge on any atom is 0.417 e. The molecule has 0 saturated carbocycles. The van der Waals surface area contributed by atoms with Crippen LogP contribution in [0.4, 0.5) is 13.2 Å². The summed E-state index contributed by atoms with van der Waals surface area (Å²) < 4.78 is 71.4. The molecule has 0 spiro atoms. The number of aromatic nitrogens is 2. The van der Waals surface area contributed by atoms with Crippen LogP contribution < -0.4 is 0 Å². The van der Waals surface area contributed by atoms with Gasteiger partial charge in [0.05, 0.1) is 17.0 Å². The van der Waals surface area contributed by atoms with E-state index in [2.05, 4.69) is 10.1 Å². The van der Waals surface area contributed by atoms with Crippen molar-refractivity contribution in [1.82, 2.24) is 19.3 Å². The van der Waals surface area contributed by atoms with E-state index in [-0.39, 0.29) is 13.1 Å². The van der Waals surface area contributed by atoms with Gasteiger partial charge >= 0.3 is 6.18 Å². The molecule has 154 valence electrons. The fraction of sp³-hybridized carbons (Fsp3) is 0.529. The lowest BCUT2D eigenvalue weighted by molar-refractivity contribution is -0.139. The van der Waals surface area contributed by atoms with E-state index in [0.717, 1.165) is 22.9 Å². The Labute approximate surface area is 161 Å². The number of alkyl halides is 3. The van der Waals surface area contributed by atoms with E-state index < -0.39 is 26.7 Å². The van der Waals surface area contributed by atoms with Gasteiger partial charge in [0.25, 0.3) is 0 Å². The Morgan fingerprint density at radius 1 is 1.14 bits per heavy atom. The molecule has 7 nitrogen and oxygen atoms in total. The van der Waals surface area contributed by atoms with Gasteiger partial charge in [0, 0.05) is 32.6 Å². The summed E-state index contributed by atoms with van der Waals surface area (Å²) in [5.41, 5.74) is -1.15. The van der Waals surface area contributed by atoms with Crippen LogP contribution in [0.5, 0.6) is 0 Å². The molecule has 1 aliphatic heterocycles. The molecule has 2 heterocycles. The van der Waals surface area contributed by atoms with E-state index in [1.165, 1.54) is 12.1 Å². The highest BCUT2D eigenvalue weighted by Gasteiger charge is 2.39. The Hall–Kier alpha value is -1.98. The van der Waals surface area contributed by atoms with Crippen molar-refractivity contribution in [3.8, 4) is 0 Å². The van der Waals surface area contributed by atoms with E-state index in [9.17, 15) is 21.6 Å². The monoisotopic (exact) mass is 418 g/mol. The van der Waals surface area contributed by atoms with Crippen LogP contribution in [0.25, 0.3) is 0 Å². The lowest BCUT2D eigenvalue weighted by Crippen LogP contribution is -2.48. The van der Waals surface area contributed by atoms with Crippen LogP contribution >= 0.6 is 0 Å². The zero-order valence-corrected chi connectivity index (χ0v) is 16.1. The minimum atomic E-state index is -4.74. The van der Waals surface area contributed by atoms with Gasteiger partial charge in [-0.15, -0.1) is 0 Å². The predicted molar refractivity (Wildman–Crippen MR) is 93.8 cm³/mol. The molecule has 0 amide bonds. The number of rotatable bonds is 6. The van der Waals surface area contributed by atoms with Gasteiger partial charge in [-0.1, -0.05) is 24.2 Å². The van der Waals surface area contributed by atoms with E-state index in [1.807, 2.05) is 11.8 Å². The number of nitrogens with zero attached hydrogens (tertiary/aromatic N) is 4. The number of halogens is 3. The summed E-state index contributed by atoms with van der Waals surface area (Å²) in [7, 11) is -4.24. The molecule has 0 aliphatic carbocycles. The highest BCUT2D eigenvalue weighted by molar-refractivity contribution is 7.89. The van der Waals surface area contributed by atoms with Crippen molar-refractivity contribution in [1.29, 1.82) is 0 Å². The molecule has 0 atom stereocenters. The first-order chi connectivity index (χ1) is 13.2. The first-order valence-electron chi connectivity index (χ1n) is 8.92. The van der Waals surface area contributed by atoms with Gasteiger partial charge in [0.15, 0.2) is 5.82 Å². The molecule has 0 unspecified atom stereocenters. The van der Waals surface area contributed by atoms with Crippen LogP contribution in [0.15, 0.2) is 33.7 Å². The van der Waals surface area contributed by atoms with Crippen LogP contribution in [-0.2, 0) is 29.2 Å². The summed E-state index contributed by atoms with van der Waals surface area (Å²) in [4.78, 5) is 5.50. The molecule has 1 aliphatic rings. The van der Waals surface area contributed by atoms with Gasteiger partial charge in [-0.25, -0.2) is 8.42 Å². The first-order valence-corrected chi connectivity index (χ1v) is 10.4. The Morgan fingerprint density at radius 2 is 1.82 bits per heavy atom. The summed E-state index contributed by atoms with van der Waals surface area (Å²) in [6, 6.07) is 4.25. The quantitative estimate of drug-likeness (QED) is 0.717. The van der Waals surface area contributed by atoms with Crippen molar-refractivity contribution in [2.45, 2.75) is 37.4 Å². The smallest absolute Gasteiger partial charge is 0.338 e. The number of hydrogen-bond acceptors (Lipinski definition) is 6. The molecule has 2 aromatic rings. The number of sulfonamides is 1. The second-order valence-electron chi connectivity index (χ2n) is 6.53. The molecule has 1 aromatic heterocycles. The third-order valence-electron chi connectivity index (χ3n) is 4.48. The fourth-order valence-corrected chi connectivity index (χ4v) is 4.70. The standard InChI is InChI=1S/C17H21F3N4O3S/c1-2-5-15-21-16(27-22-15)12-23-8-10-24(11-9-23)28(25,26)14-7-4-3-6-13(14)17(18,19)20/h3-4,6-7H,2,5,8-12H2,1H3. The summed E-state index contributed by atoms with van der Waals surface area (Å²) >= 11 is 0. The van der Waals surface area contributed by atoms with Crippen molar-refractivity contribution in [2.24, 2.45) is 0 Å². The number of aryl methyl sites for hydroxylation is 1. The Balaban J connectivity index is 1.67. The van der Waals surface area contributed by atoms with Crippen LogP contribution in [-0.4, -0.2) is 53.9 Å². The van der Waals surface area contributed by atoms with Crippen LogP contribution in [0, 0.1) is 0 Å². The van der Waals surface area contributed by atoms with E-state index >= 15 is 0 Å². The molecular weight excluding hydrogens is 397 g/mol. The van der Waals surface area contributed by atoms with Gasteiger partial charge in [-0.3, -0.25) is 4.90 Å². The maximum atomic E-state index is 13.2. The number of benzene rings is 1.